The Hall–Kier alpha value is -1.10. The monoisotopic (exact) mass is 238 g/mol. The van der Waals surface area contributed by atoms with E-state index in [0.717, 1.165) is 19.5 Å². The summed E-state index contributed by atoms with van der Waals surface area (Å²) in [5.41, 5.74) is 1.21. The minimum absolute atomic E-state index is 0.184. The Morgan fingerprint density at radius 3 is 2.65 bits per heavy atom. The van der Waals surface area contributed by atoms with Crippen LogP contribution in [0.4, 0.5) is 5.69 Å². The molecule has 0 heterocycles. The highest BCUT2D eigenvalue weighted by atomic mass is 16.3. The second kappa shape index (κ2) is 8.06. The van der Waals surface area contributed by atoms with Crippen molar-refractivity contribution >= 4 is 5.69 Å². The summed E-state index contributed by atoms with van der Waals surface area (Å²) in [5, 5.41) is 20.9. The van der Waals surface area contributed by atoms with Gasteiger partial charge < -0.3 is 20.4 Å². The summed E-state index contributed by atoms with van der Waals surface area (Å²) >= 11 is 0. The number of aliphatic hydroxyl groups is 2. The van der Waals surface area contributed by atoms with Crippen LogP contribution in [0.15, 0.2) is 30.3 Å². The van der Waals surface area contributed by atoms with Crippen molar-refractivity contribution < 1.29 is 10.2 Å². The normalized spacial score (nSPS) is 12.4. The zero-order chi connectivity index (χ0) is 12.5. The molecule has 1 aromatic carbocycles. The first-order valence-corrected chi connectivity index (χ1v) is 6.00. The molecule has 0 aromatic heterocycles. The van der Waals surface area contributed by atoms with Gasteiger partial charge in [0.25, 0.3) is 0 Å². The van der Waals surface area contributed by atoms with E-state index in [0.29, 0.717) is 6.54 Å². The van der Waals surface area contributed by atoms with Gasteiger partial charge in [0.05, 0.1) is 12.7 Å². The molecule has 1 atom stereocenters. The molecule has 1 aromatic rings. The van der Waals surface area contributed by atoms with Crippen LogP contribution in [0.3, 0.4) is 0 Å². The number of para-hydroxylation sites is 1. The number of anilines is 1. The van der Waals surface area contributed by atoms with Gasteiger partial charge >= 0.3 is 0 Å². The van der Waals surface area contributed by atoms with Crippen LogP contribution in [-0.2, 0) is 0 Å². The number of benzene rings is 1. The fraction of sp³-hybridized carbons (Fsp3) is 0.538. The number of nitrogens with one attached hydrogen (secondary N) is 1. The quantitative estimate of drug-likeness (QED) is 0.576. The zero-order valence-corrected chi connectivity index (χ0v) is 10.3. The molecule has 3 N–H and O–H groups in total. The third kappa shape index (κ3) is 5.68. The largest absolute Gasteiger partial charge is 0.394 e. The molecule has 0 aliphatic rings. The van der Waals surface area contributed by atoms with E-state index >= 15 is 0 Å². The molecule has 0 saturated carbocycles. The Labute approximate surface area is 103 Å². The van der Waals surface area contributed by atoms with Crippen LogP contribution in [0, 0.1) is 0 Å². The summed E-state index contributed by atoms with van der Waals surface area (Å²) in [7, 11) is 2.07. The molecule has 4 heteroatoms. The van der Waals surface area contributed by atoms with Gasteiger partial charge in [0.2, 0.25) is 0 Å². The number of nitrogens with zero attached hydrogens (tertiary/aromatic N) is 1. The minimum Gasteiger partial charge on any atom is -0.394 e. The number of aliphatic hydroxyl groups excluding tert-OH is 2. The van der Waals surface area contributed by atoms with E-state index in [-0.39, 0.29) is 6.61 Å². The second-order valence-corrected chi connectivity index (χ2v) is 4.15. The van der Waals surface area contributed by atoms with E-state index < -0.39 is 6.10 Å². The first-order chi connectivity index (χ1) is 8.24. The van der Waals surface area contributed by atoms with Crippen molar-refractivity contribution in [3.05, 3.63) is 30.3 Å². The topological polar surface area (TPSA) is 55.7 Å². The lowest BCUT2D eigenvalue weighted by Crippen LogP contribution is -2.31. The summed E-state index contributed by atoms with van der Waals surface area (Å²) in [4.78, 5) is 2.20. The maximum atomic E-state index is 9.12. The standard InChI is InChI=1S/C13H22N2O2/c1-15(12-6-3-2-4-7-12)9-5-8-14-10-13(17)11-16/h2-4,6-7,13-14,16-17H,5,8-11H2,1H3. The third-order valence-corrected chi connectivity index (χ3v) is 2.63. The molecule has 17 heavy (non-hydrogen) atoms. The van der Waals surface area contributed by atoms with Gasteiger partial charge in [-0.1, -0.05) is 18.2 Å². The van der Waals surface area contributed by atoms with Crippen molar-refractivity contribution in [3.8, 4) is 0 Å². The molecule has 96 valence electrons. The molecular formula is C13H22N2O2. The molecule has 1 rings (SSSR count). The number of hydrogen-bond donors (Lipinski definition) is 3. The summed E-state index contributed by atoms with van der Waals surface area (Å²) < 4.78 is 0. The van der Waals surface area contributed by atoms with Crippen molar-refractivity contribution in [2.24, 2.45) is 0 Å². The smallest absolute Gasteiger partial charge is 0.0894 e. The predicted octanol–water partition coefficient (Wildman–Crippen LogP) is 0.456. The van der Waals surface area contributed by atoms with Crippen LogP contribution in [0.5, 0.6) is 0 Å². The Kier molecular flexibility index (Phi) is 6.62. The van der Waals surface area contributed by atoms with Crippen LogP contribution >= 0.6 is 0 Å². The fourth-order valence-corrected chi connectivity index (χ4v) is 1.59. The molecule has 0 fully saturated rings. The van der Waals surface area contributed by atoms with Crippen molar-refractivity contribution in [1.82, 2.24) is 5.32 Å². The van der Waals surface area contributed by atoms with Gasteiger partial charge in [-0.25, -0.2) is 0 Å². The lowest BCUT2D eigenvalue weighted by atomic mass is 10.3. The molecule has 0 aliphatic carbocycles. The molecule has 0 aliphatic heterocycles. The van der Waals surface area contributed by atoms with Crippen molar-refractivity contribution in [3.63, 3.8) is 0 Å². The number of hydrogen-bond acceptors (Lipinski definition) is 4. The molecule has 0 saturated heterocycles. The van der Waals surface area contributed by atoms with Crippen LogP contribution in [-0.4, -0.2) is 49.6 Å². The molecule has 0 spiro atoms. The van der Waals surface area contributed by atoms with Crippen molar-refractivity contribution in [2.75, 3.05) is 38.2 Å². The first kappa shape index (κ1) is 14.0. The van der Waals surface area contributed by atoms with Crippen molar-refractivity contribution in [1.29, 1.82) is 0 Å². The summed E-state index contributed by atoms with van der Waals surface area (Å²) in [6.07, 6.45) is 0.352. The highest BCUT2D eigenvalue weighted by molar-refractivity contribution is 5.44. The Bertz CT molecular complexity index is 293. The van der Waals surface area contributed by atoms with Gasteiger partial charge in [-0.2, -0.15) is 0 Å². The molecule has 1 unspecified atom stereocenters. The Morgan fingerprint density at radius 1 is 1.29 bits per heavy atom. The maximum absolute atomic E-state index is 9.12. The Balaban J connectivity index is 2.11. The average Bonchev–Trinajstić information content (AvgIpc) is 2.38. The summed E-state index contributed by atoms with van der Waals surface area (Å²) in [6.45, 7) is 2.07. The minimum atomic E-state index is -0.651. The average molecular weight is 238 g/mol. The third-order valence-electron chi connectivity index (χ3n) is 2.63. The number of rotatable bonds is 8. The molecule has 0 bridgehead atoms. The van der Waals surface area contributed by atoms with Gasteiger partial charge in [0.1, 0.15) is 0 Å². The summed E-state index contributed by atoms with van der Waals surface area (Å²) in [5.74, 6) is 0. The van der Waals surface area contributed by atoms with Crippen LogP contribution in [0.25, 0.3) is 0 Å². The first-order valence-electron chi connectivity index (χ1n) is 6.00. The molecule has 0 radical (unpaired) electrons. The molecule has 0 amide bonds. The zero-order valence-electron chi connectivity index (χ0n) is 10.3. The van der Waals surface area contributed by atoms with Crippen LogP contribution in [0.2, 0.25) is 0 Å². The van der Waals surface area contributed by atoms with Gasteiger partial charge in [0, 0.05) is 25.8 Å². The highest BCUT2D eigenvalue weighted by Gasteiger charge is 2.01. The molecular weight excluding hydrogens is 216 g/mol. The van der Waals surface area contributed by atoms with E-state index in [4.69, 9.17) is 10.2 Å². The lowest BCUT2D eigenvalue weighted by Gasteiger charge is -2.19. The van der Waals surface area contributed by atoms with E-state index in [2.05, 4.69) is 29.4 Å². The summed E-state index contributed by atoms with van der Waals surface area (Å²) in [6, 6.07) is 10.2. The van der Waals surface area contributed by atoms with Gasteiger partial charge in [0.15, 0.2) is 0 Å². The predicted molar refractivity (Wildman–Crippen MR) is 70.3 cm³/mol. The second-order valence-electron chi connectivity index (χ2n) is 4.15. The van der Waals surface area contributed by atoms with Gasteiger partial charge in [-0.3, -0.25) is 0 Å². The molecule has 4 nitrogen and oxygen atoms in total. The van der Waals surface area contributed by atoms with E-state index in [1.54, 1.807) is 0 Å². The van der Waals surface area contributed by atoms with E-state index in [1.165, 1.54) is 5.69 Å². The van der Waals surface area contributed by atoms with E-state index in [9.17, 15) is 0 Å². The van der Waals surface area contributed by atoms with E-state index in [1.807, 2.05) is 18.2 Å². The van der Waals surface area contributed by atoms with Crippen LogP contribution < -0.4 is 10.2 Å². The fourth-order valence-electron chi connectivity index (χ4n) is 1.59. The van der Waals surface area contributed by atoms with Gasteiger partial charge in [-0.15, -0.1) is 0 Å². The highest BCUT2D eigenvalue weighted by Crippen LogP contribution is 2.10. The van der Waals surface area contributed by atoms with Crippen molar-refractivity contribution in [2.45, 2.75) is 12.5 Å². The maximum Gasteiger partial charge on any atom is 0.0894 e. The Morgan fingerprint density at radius 2 is 2.00 bits per heavy atom. The van der Waals surface area contributed by atoms with Gasteiger partial charge in [-0.05, 0) is 25.1 Å². The van der Waals surface area contributed by atoms with Crippen LogP contribution in [0.1, 0.15) is 6.42 Å². The SMILES string of the molecule is CN(CCCNCC(O)CO)c1ccccc1. The lowest BCUT2D eigenvalue weighted by molar-refractivity contribution is 0.0946.